The molecule has 0 amide bonds. The molecule has 0 radical (unpaired) electrons. The molecule has 1 aromatic carbocycles. The third kappa shape index (κ3) is 2.89. The number of aromatic amines is 1. The Morgan fingerprint density at radius 1 is 1.29 bits per heavy atom. The van der Waals surface area contributed by atoms with Crippen molar-refractivity contribution >= 4 is 0 Å². The minimum absolute atomic E-state index is 0.460. The van der Waals surface area contributed by atoms with Crippen molar-refractivity contribution in [3.8, 4) is 11.5 Å². The Labute approximate surface area is 142 Å². The molecule has 124 valence electrons. The minimum atomic E-state index is 0.460. The topological polar surface area (TPSA) is 45.1 Å². The molecule has 4 nitrogen and oxygen atoms in total. The summed E-state index contributed by atoms with van der Waals surface area (Å²) in [5.41, 5.74) is 5.84. The van der Waals surface area contributed by atoms with E-state index in [0.717, 1.165) is 30.2 Å². The predicted octanol–water partition coefficient (Wildman–Crippen LogP) is 4.62. The van der Waals surface area contributed by atoms with Gasteiger partial charge in [0.15, 0.2) is 0 Å². The van der Waals surface area contributed by atoms with Gasteiger partial charge in [0, 0.05) is 24.0 Å². The quantitative estimate of drug-likeness (QED) is 0.762. The van der Waals surface area contributed by atoms with Crippen LogP contribution >= 0.6 is 0 Å². The molecule has 2 aromatic heterocycles. The van der Waals surface area contributed by atoms with Gasteiger partial charge in [0.1, 0.15) is 6.26 Å². The standard InChI is InChI=1S/C20H23N3O/c1-14-7-8-17(15(2)11-14)20-22-16(13-24-20)12-23-10-4-6-19(23)18-5-3-9-21-18/h3,5,7-9,11,13,19,21H,4,6,10,12H2,1-2H3. The zero-order valence-electron chi connectivity index (χ0n) is 14.2. The Hall–Kier alpha value is -2.33. The van der Waals surface area contributed by atoms with Crippen molar-refractivity contribution in [2.75, 3.05) is 6.54 Å². The van der Waals surface area contributed by atoms with Crippen molar-refractivity contribution in [1.29, 1.82) is 0 Å². The molecule has 4 heteroatoms. The van der Waals surface area contributed by atoms with Crippen LogP contribution < -0.4 is 0 Å². The number of H-pyrrole nitrogens is 1. The molecule has 0 aliphatic carbocycles. The van der Waals surface area contributed by atoms with Gasteiger partial charge in [0.25, 0.3) is 0 Å². The molecule has 24 heavy (non-hydrogen) atoms. The SMILES string of the molecule is Cc1ccc(-c2nc(CN3CCCC3c3ccc[nH]3)co2)c(C)c1. The second-order valence-electron chi connectivity index (χ2n) is 6.72. The highest BCUT2D eigenvalue weighted by atomic mass is 16.3. The van der Waals surface area contributed by atoms with Crippen LogP contribution in [0.1, 0.15) is 41.4 Å². The van der Waals surface area contributed by atoms with E-state index in [4.69, 9.17) is 9.40 Å². The first-order valence-electron chi connectivity index (χ1n) is 8.60. The molecule has 1 fully saturated rings. The average molecular weight is 321 g/mol. The summed E-state index contributed by atoms with van der Waals surface area (Å²) in [6, 6.07) is 11.1. The second-order valence-corrected chi connectivity index (χ2v) is 6.72. The number of hydrogen-bond donors (Lipinski definition) is 1. The molecule has 1 unspecified atom stereocenters. The lowest BCUT2D eigenvalue weighted by Crippen LogP contribution is -2.23. The fourth-order valence-electron chi connectivity index (χ4n) is 3.68. The van der Waals surface area contributed by atoms with Crippen molar-refractivity contribution in [3.63, 3.8) is 0 Å². The van der Waals surface area contributed by atoms with Crippen molar-refractivity contribution in [3.05, 3.63) is 65.3 Å². The fraction of sp³-hybridized carbons (Fsp3) is 0.350. The van der Waals surface area contributed by atoms with E-state index in [0.29, 0.717) is 6.04 Å². The normalized spacial score (nSPS) is 18.3. The fourth-order valence-corrected chi connectivity index (χ4v) is 3.68. The summed E-state index contributed by atoms with van der Waals surface area (Å²) < 4.78 is 5.76. The van der Waals surface area contributed by atoms with Gasteiger partial charge in [-0.05, 0) is 57.0 Å². The summed E-state index contributed by atoms with van der Waals surface area (Å²) in [5.74, 6) is 0.720. The summed E-state index contributed by atoms with van der Waals surface area (Å²) in [6.45, 7) is 6.15. The van der Waals surface area contributed by atoms with Gasteiger partial charge in [0.05, 0.1) is 11.7 Å². The molecule has 1 aliphatic heterocycles. The van der Waals surface area contributed by atoms with Crippen LogP contribution in [0.4, 0.5) is 0 Å². The molecule has 0 spiro atoms. The summed E-state index contributed by atoms with van der Waals surface area (Å²) in [6.07, 6.45) is 6.23. The molecule has 1 N–H and O–H groups in total. The molecule has 0 saturated carbocycles. The smallest absolute Gasteiger partial charge is 0.226 e. The number of rotatable bonds is 4. The van der Waals surface area contributed by atoms with Crippen LogP contribution in [0, 0.1) is 13.8 Å². The van der Waals surface area contributed by atoms with Crippen molar-refractivity contribution in [2.45, 2.75) is 39.3 Å². The first-order chi connectivity index (χ1) is 11.7. The number of aryl methyl sites for hydroxylation is 2. The zero-order chi connectivity index (χ0) is 16.5. The first-order valence-corrected chi connectivity index (χ1v) is 8.60. The highest BCUT2D eigenvalue weighted by molar-refractivity contribution is 5.59. The van der Waals surface area contributed by atoms with Crippen LogP contribution in [0.2, 0.25) is 0 Å². The lowest BCUT2D eigenvalue weighted by Gasteiger charge is -2.22. The molecule has 3 heterocycles. The lowest BCUT2D eigenvalue weighted by molar-refractivity contribution is 0.242. The van der Waals surface area contributed by atoms with Crippen LogP contribution in [0.15, 0.2) is 47.2 Å². The number of nitrogens with zero attached hydrogens (tertiary/aromatic N) is 2. The average Bonchev–Trinajstić information content (AvgIpc) is 3.28. The molecule has 0 bridgehead atoms. The van der Waals surface area contributed by atoms with Gasteiger partial charge >= 0.3 is 0 Å². The minimum Gasteiger partial charge on any atom is -0.444 e. The van der Waals surface area contributed by atoms with E-state index in [1.54, 1.807) is 6.26 Å². The van der Waals surface area contributed by atoms with E-state index in [-0.39, 0.29) is 0 Å². The van der Waals surface area contributed by atoms with Gasteiger partial charge in [-0.15, -0.1) is 0 Å². The Bertz CT molecular complexity index is 819. The third-order valence-corrected chi connectivity index (χ3v) is 4.87. The first kappa shape index (κ1) is 15.2. The summed E-state index contributed by atoms with van der Waals surface area (Å²) >= 11 is 0. The van der Waals surface area contributed by atoms with E-state index >= 15 is 0 Å². The van der Waals surface area contributed by atoms with E-state index in [9.17, 15) is 0 Å². The third-order valence-electron chi connectivity index (χ3n) is 4.87. The van der Waals surface area contributed by atoms with Crippen LogP contribution in [0.5, 0.6) is 0 Å². The summed E-state index contributed by atoms with van der Waals surface area (Å²) in [4.78, 5) is 10.6. The summed E-state index contributed by atoms with van der Waals surface area (Å²) in [7, 11) is 0. The van der Waals surface area contributed by atoms with E-state index in [1.165, 1.54) is 29.7 Å². The van der Waals surface area contributed by atoms with Crippen molar-refractivity contribution in [2.24, 2.45) is 0 Å². The molecule has 4 rings (SSSR count). The van der Waals surface area contributed by atoms with Gasteiger partial charge in [-0.2, -0.15) is 0 Å². The molecular weight excluding hydrogens is 298 g/mol. The van der Waals surface area contributed by atoms with Gasteiger partial charge < -0.3 is 9.40 Å². The number of benzene rings is 1. The van der Waals surface area contributed by atoms with E-state index in [2.05, 4.69) is 54.1 Å². The number of likely N-dealkylation sites (tertiary alicyclic amines) is 1. The second kappa shape index (κ2) is 6.29. The van der Waals surface area contributed by atoms with Gasteiger partial charge in [0.2, 0.25) is 5.89 Å². The Balaban J connectivity index is 1.53. The molecule has 3 aromatic rings. The number of oxazole rings is 1. The van der Waals surface area contributed by atoms with Gasteiger partial charge in [-0.25, -0.2) is 4.98 Å². The van der Waals surface area contributed by atoms with Crippen LogP contribution in [0.3, 0.4) is 0 Å². The van der Waals surface area contributed by atoms with Crippen molar-refractivity contribution < 1.29 is 4.42 Å². The highest BCUT2D eigenvalue weighted by Crippen LogP contribution is 2.32. The monoisotopic (exact) mass is 321 g/mol. The maximum absolute atomic E-state index is 5.76. The Morgan fingerprint density at radius 2 is 2.21 bits per heavy atom. The number of hydrogen-bond acceptors (Lipinski definition) is 3. The lowest BCUT2D eigenvalue weighted by atomic mass is 10.1. The van der Waals surface area contributed by atoms with E-state index < -0.39 is 0 Å². The molecule has 1 saturated heterocycles. The van der Waals surface area contributed by atoms with Crippen LogP contribution in [-0.2, 0) is 6.54 Å². The maximum Gasteiger partial charge on any atom is 0.226 e. The highest BCUT2D eigenvalue weighted by Gasteiger charge is 2.27. The van der Waals surface area contributed by atoms with Crippen molar-refractivity contribution in [1.82, 2.24) is 14.9 Å². The van der Waals surface area contributed by atoms with Crippen LogP contribution in [0.25, 0.3) is 11.5 Å². The Morgan fingerprint density at radius 3 is 3.00 bits per heavy atom. The number of aromatic nitrogens is 2. The molecule has 1 aliphatic rings. The van der Waals surface area contributed by atoms with Crippen LogP contribution in [-0.4, -0.2) is 21.4 Å². The Kier molecular flexibility index (Phi) is 3.98. The van der Waals surface area contributed by atoms with Gasteiger partial charge in [-0.3, -0.25) is 4.90 Å². The maximum atomic E-state index is 5.76. The zero-order valence-corrected chi connectivity index (χ0v) is 14.2. The number of nitrogens with one attached hydrogen (secondary N) is 1. The predicted molar refractivity (Wildman–Crippen MR) is 94.6 cm³/mol. The summed E-state index contributed by atoms with van der Waals surface area (Å²) in [5, 5.41) is 0. The molecule has 1 atom stereocenters. The van der Waals surface area contributed by atoms with Gasteiger partial charge in [-0.1, -0.05) is 17.7 Å². The molecular formula is C20H23N3O. The largest absolute Gasteiger partial charge is 0.444 e. The van der Waals surface area contributed by atoms with E-state index in [1.807, 2.05) is 6.20 Å².